The van der Waals surface area contributed by atoms with Crippen molar-refractivity contribution in [3.05, 3.63) is 87.4 Å². The number of hydrogen-bond acceptors (Lipinski definition) is 6. The van der Waals surface area contributed by atoms with Gasteiger partial charge in [0.2, 0.25) is 0 Å². The third-order valence-corrected chi connectivity index (χ3v) is 5.89. The Kier molecular flexibility index (Phi) is 7.92. The van der Waals surface area contributed by atoms with Crippen molar-refractivity contribution in [1.82, 2.24) is 5.32 Å². The summed E-state index contributed by atoms with van der Waals surface area (Å²) >= 11 is 9.27. The maximum atomic E-state index is 13.0. The molecule has 0 saturated carbocycles. The number of rotatable bonds is 8. The van der Waals surface area contributed by atoms with Crippen LogP contribution in [-0.4, -0.2) is 38.2 Å². The van der Waals surface area contributed by atoms with Crippen LogP contribution < -0.4 is 24.4 Å². The Balaban J connectivity index is 1.47. The van der Waals surface area contributed by atoms with Crippen molar-refractivity contribution in [2.24, 2.45) is 0 Å². The molecule has 10 heteroatoms. The van der Waals surface area contributed by atoms with E-state index in [-0.39, 0.29) is 17.9 Å². The minimum atomic E-state index is -0.837. The van der Waals surface area contributed by atoms with E-state index in [4.69, 9.17) is 25.8 Å². The molecule has 4 rings (SSSR count). The fourth-order valence-electron chi connectivity index (χ4n) is 3.38. The lowest BCUT2D eigenvalue weighted by Gasteiger charge is -2.26. The standard InChI is InChI=1S/C26H20BrClN2O6/c1-34-23-15-16(2-11-22(23)36-13-12-35-20-9-3-17(27)4-10-20)14-21-24(31)29-26(33)30(25(21)32)19-7-5-18(28)6-8-19/h2-11,14-15H,12-13H2,1H3,(H,29,31,33). The molecule has 0 aliphatic carbocycles. The fourth-order valence-corrected chi connectivity index (χ4v) is 3.77. The molecule has 3 aromatic rings. The topological polar surface area (TPSA) is 94.2 Å². The highest BCUT2D eigenvalue weighted by molar-refractivity contribution is 9.10. The summed E-state index contributed by atoms with van der Waals surface area (Å²) in [5.41, 5.74) is 0.587. The van der Waals surface area contributed by atoms with Gasteiger partial charge in [-0.05, 0) is 72.3 Å². The van der Waals surface area contributed by atoms with Crippen molar-refractivity contribution >= 4 is 57.1 Å². The summed E-state index contributed by atoms with van der Waals surface area (Å²) in [5, 5.41) is 2.64. The summed E-state index contributed by atoms with van der Waals surface area (Å²) in [6.07, 6.45) is 1.38. The molecule has 0 radical (unpaired) electrons. The zero-order valence-corrected chi connectivity index (χ0v) is 21.3. The van der Waals surface area contributed by atoms with E-state index in [1.54, 1.807) is 30.3 Å². The quantitative estimate of drug-likeness (QED) is 0.226. The van der Waals surface area contributed by atoms with Crippen LogP contribution in [-0.2, 0) is 9.59 Å². The molecule has 0 aromatic heterocycles. The predicted molar refractivity (Wildman–Crippen MR) is 139 cm³/mol. The summed E-state index contributed by atoms with van der Waals surface area (Å²) in [6.45, 7) is 0.589. The Bertz CT molecular complexity index is 1330. The normalized spacial score (nSPS) is 14.6. The number of carbonyl (C=O) groups excluding carboxylic acids is 3. The average Bonchev–Trinajstić information content (AvgIpc) is 2.87. The van der Waals surface area contributed by atoms with Gasteiger partial charge in [-0.1, -0.05) is 33.6 Å². The van der Waals surface area contributed by atoms with Crippen molar-refractivity contribution in [2.75, 3.05) is 25.2 Å². The van der Waals surface area contributed by atoms with Gasteiger partial charge >= 0.3 is 6.03 Å². The smallest absolute Gasteiger partial charge is 0.335 e. The van der Waals surface area contributed by atoms with E-state index in [1.807, 2.05) is 24.3 Å². The van der Waals surface area contributed by atoms with Crippen LogP contribution in [0.25, 0.3) is 6.08 Å². The molecule has 0 unspecified atom stereocenters. The number of benzene rings is 3. The maximum absolute atomic E-state index is 13.0. The molecule has 184 valence electrons. The number of nitrogens with one attached hydrogen (secondary N) is 1. The highest BCUT2D eigenvalue weighted by Gasteiger charge is 2.36. The van der Waals surface area contributed by atoms with Crippen molar-refractivity contribution in [3.8, 4) is 17.2 Å². The van der Waals surface area contributed by atoms with Crippen molar-refractivity contribution in [3.63, 3.8) is 0 Å². The van der Waals surface area contributed by atoms with Crippen molar-refractivity contribution in [1.29, 1.82) is 0 Å². The summed E-state index contributed by atoms with van der Waals surface area (Å²) in [5.74, 6) is 0.0473. The van der Waals surface area contributed by atoms with Crippen molar-refractivity contribution < 1.29 is 28.6 Å². The van der Waals surface area contributed by atoms with E-state index in [9.17, 15) is 14.4 Å². The van der Waals surface area contributed by atoms with Crippen molar-refractivity contribution in [2.45, 2.75) is 0 Å². The SMILES string of the molecule is COc1cc(C=C2C(=O)NC(=O)N(c3ccc(Cl)cc3)C2=O)ccc1OCCOc1ccc(Br)cc1. The minimum Gasteiger partial charge on any atom is -0.493 e. The molecule has 1 heterocycles. The van der Waals surface area contributed by atoms with Crippen LogP contribution in [0, 0.1) is 0 Å². The first-order chi connectivity index (χ1) is 17.4. The number of amides is 4. The van der Waals surface area contributed by atoms with Gasteiger partial charge < -0.3 is 14.2 Å². The largest absolute Gasteiger partial charge is 0.493 e. The number of barbiturate groups is 1. The van der Waals surface area contributed by atoms with Crippen LogP contribution in [0.5, 0.6) is 17.2 Å². The van der Waals surface area contributed by atoms with Crippen LogP contribution in [0.3, 0.4) is 0 Å². The monoisotopic (exact) mass is 570 g/mol. The molecule has 0 atom stereocenters. The first kappa shape index (κ1) is 25.3. The molecule has 8 nitrogen and oxygen atoms in total. The number of ether oxygens (including phenoxy) is 3. The summed E-state index contributed by atoms with van der Waals surface area (Å²) in [7, 11) is 1.48. The first-order valence-corrected chi connectivity index (χ1v) is 11.9. The van der Waals surface area contributed by atoms with E-state index in [0.717, 1.165) is 15.1 Å². The molecule has 36 heavy (non-hydrogen) atoms. The molecule has 1 saturated heterocycles. The van der Waals surface area contributed by atoms with Crippen LogP contribution in [0.15, 0.2) is 76.8 Å². The molecule has 1 aliphatic rings. The second-order valence-corrected chi connectivity index (χ2v) is 8.85. The Morgan fingerprint density at radius 3 is 2.31 bits per heavy atom. The Hall–Kier alpha value is -3.82. The molecular formula is C26H20BrClN2O6. The van der Waals surface area contributed by atoms with Crippen LogP contribution in [0.4, 0.5) is 10.5 Å². The molecular weight excluding hydrogens is 552 g/mol. The molecule has 1 fully saturated rings. The number of urea groups is 1. The van der Waals surface area contributed by atoms with Gasteiger partial charge in [0.05, 0.1) is 12.8 Å². The third kappa shape index (κ3) is 5.87. The van der Waals surface area contributed by atoms with Gasteiger partial charge in [-0.2, -0.15) is 0 Å². The first-order valence-electron chi connectivity index (χ1n) is 10.7. The number of methoxy groups -OCH3 is 1. The molecule has 1 N–H and O–H groups in total. The van der Waals surface area contributed by atoms with Gasteiger partial charge in [0, 0.05) is 9.50 Å². The fraction of sp³-hybridized carbons (Fsp3) is 0.115. The summed E-state index contributed by atoms with van der Waals surface area (Å²) < 4.78 is 17.8. The molecule has 0 spiro atoms. The number of nitrogens with zero attached hydrogens (tertiary/aromatic N) is 1. The van der Waals surface area contributed by atoms with Gasteiger partial charge in [0.15, 0.2) is 11.5 Å². The third-order valence-electron chi connectivity index (χ3n) is 5.11. The van der Waals surface area contributed by atoms with Crippen LogP contribution in [0.2, 0.25) is 5.02 Å². The van der Waals surface area contributed by atoms with E-state index in [1.165, 1.54) is 25.3 Å². The second kappa shape index (κ2) is 11.3. The van der Waals surface area contributed by atoms with E-state index >= 15 is 0 Å². The zero-order chi connectivity index (χ0) is 25.7. The lowest BCUT2D eigenvalue weighted by molar-refractivity contribution is -0.122. The lowest BCUT2D eigenvalue weighted by Crippen LogP contribution is -2.54. The second-order valence-electron chi connectivity index (χ2n) is 7.50. The highest BCUT2D eigenvalue weighted by atomic mass is 79.9. The molecule has 0 bridgehead atoms. The maximum Gasteiger partial charge on any atom is 0.335 e. The number of anilines is 1. The minimum absolute atomic E-state index is 0.205. The van der Waals surface area contributed by atoms with Gasteiger partial charge in [-0.25, -0.2) is 9.69 Å². The van der Waals surface area contributed by atoms with Gasteiger partial charge in [-0.3, -0.25) is 14.9 Å². The molecule has 3 aromatic carbocycles. The average molecular weight is 572 g/mol. The van der Waals surface area contributed by atoms with Crippen LogP contribution >= 0.6 is 27.5 Å². The summed E-state index contributed by atoms with van der Waals surface area (Å²) in [4.78, 5) is 38.7. The van der Waals surface area contributed by atoms with E-state index in [2.05, 4.69) is 21.2 Å². The number of halogens is 2. The Labute approximate surface area is 220 Å². The molecule has 1 aliphatic heterocycles. The highest BCUT2D eigenvalue weighted by Crippen LogP contribution is 2.30. The van der Waals surface area contributed by atoms with E-state index in [0.29, 0.717) is 28.7 Å². The summed E-state index contributed by atoms with van der Waals surface area (Å²) in [6, 6.07) is 17.7. The molecule has 4 amide bonds. The van der Waals surface area contributed by atoms with Gasteiger partial charge in [-0.15, -0.1) is 0 Å². The van der Waals surface area contributed by atoms with E-state index < -0.39 is 17.8 Å². The lowest BCUT2D eigenvalue weighted by atomic mass is 10.1. The Morgan fingerprint density at radius 1 is 0.917 bits per heavy atom. The zero-order valence-electron chi connectivity index (χ0n) is 19.0. The van der Waals surface area contributed by atoms with Gasteiger partial charge in [0.25, 0.3) is 11.8 Å². The van der Waals surface area contributed by atoms with Crippen LogP contribution in [0.1, 0.15) is 5.56 Å². The van der Waals surface area contributed by atoms with Gasteiger partial charge in [0.1, 0.15) is 24.5 Å². The Morgan fingerprint density at radius 2 is 1.61 bits per heavy atom. The number of carbonyl (C=O) groups is 3. The number of imide groups is 2. The number of hydrogen-bond donors (Lipinski definition) is 1. The predicted octanol–water partition coefficient (Wildman–Crippen LogP) is 5.24.